The SMILES string of the molecule is CC(=O)[C@H](c1cc(F)cc(F)c1)C1CN(C(c2ccccc2)c2ccccc2)C1. The van der Waals surface area contributed by atoms with Gasteiger partial charge in [-0.25, -0.2) is 8.78 Å². The molecule has 4 heteroatoms. The first-order valence-electron chi connectivity index (χ1n) is 9.83. The molecule has 0 unspecified atom stereocenters. The molecule has 1 atom stereocenters. The first kappa shape index (κ1) is 19.5. The van der Waals surface area contributed by atoms with Crippen LogP contribution < -0.4 is 0 Å². The highest BCUT2D eigenvalue weighted by molar-refractivity contribution is 5.84. The third-order valence-electron chi connectivity index (χ3n) is 5.69. The Balaban J connectivity index is 1.59. The lowest BCUT2D eigenvalue weighted by Crippen LogP contribution is -2.52. The molecule has 0 aromatic heterocycles. The number of likely N-dealkylation sites (tertiary alicyclic amines) is 1. The van der Waals surface area contributed by atoms with Crippen LogP contribution in [0.5, 0.6) is 0 Å². The smallest absolute Gasteiger partial charge is 0.137 e. The Labute approximate surface area is 169 Å². The molecule has 3 aromatic carbocycles. The number of hydrogen-bond acceptors (Lipinski definition) is 2. The largest absolute Gasteiger partial charge is 0.299 e. The van der Waals surface area contributed by atoms with Gasteiger partial charge in [-0.2, -0.15) is 0 Å². The second kappa shape index (κ2) is 8.26. The summed E-state index contributed by atoms with van der Waals surface area (Å²) in [7, 11) is 0. The van der Waals surface area contributed by atoms with Crippen LogP contribution in [0.3, 0.4) is 0 Å². The van der Waals surface area contributed by atoms with Gasteiger partial charge in [-0.3, -0.25) is 9.69 Å². The predicted molar refractivity (Wildman–Crippen MR) is 110 cm³/mol. The van der Waals surface area contributed by atoms with Gasteiger partial charge in [0.05, 0.1) is 6.04 Å². The van der Waals surface area contributed by atoms with E-state index in [1.165, 1.54) is 30.2 Å². The molecule has 29 heavy (non-hydrogen) atoms. The molecule has 1 heterocycles. The number of hydrogen-bond donors (Lipinski definition) is 0. The molecular formula is C25H23F2NO. The van der Waals surface area contributed by atoms with E-state index in [-0.39, 0.29) is 17.7 Å². The van der Waals surface area contributed by atoms with Crippen LogP contribution in [0.4, 0.5) is 8.78 Å². The van der Waals surface area contributed by atoms with Crippen molar-refractivity contribution in [3.63, 3.8) is 0 Å². The third kappa shape index (κ3) is 4.13. The van der Waals surface area contributed by atoms with E-state index in [0.29, 0.717) is 18.7 Å². The minimum Gasteiger partial charge on any atom is -0.299 e. The average Bonchev–Trinajstić information content (AvgIpc) is 2.67. The molecule has 0 N–H and O–H groups in total. The summed E-state index contributed by atoms with van der Waals surface area (Å²) in [5, 5.41) is 0. The summed E-state index contributed by atoms with van der Waals surface area (Å²) in [4.78, 5) is 14.7. The van der Waals surface area contributed by atoms with Gasteiger partial charge in [-0.05, 0) is 41.7 Å². The lowest BCUT2D eigenvalue weighted by molar-refractivity contribution is -0.121. The van der Waals surface area contributed by atoms with E-state index in [9.17, 15) is 13.6 Å². The van der Waals surface area contributed by atoms with Crippen molar-refractivity contribution in [2.24, 2.45) is 5.92 Å². The molecule has 3 aromatic rings. The molecule has 1 fully saturated rings. The number of Topliss-reactive ketones (excluding diaryl/α,β-unsaturated/α-hetero) is 1. The fourth-order valence-corrected chi connectivity index (χ4v) is 4.45. The number of benzene rings is 3. The topological polar surface area (TPSA) is 20.3 Å². The fraction of sp³-hybridized carbons (Fsp3) is 0.240. The highest BCUT2D eigenvalue weighted by Gasteiger charge is 2.40. The lowest BCUT2D eigenvalue weighted by atomic mass is 9.77. The first-order valence-corrected chi connectivity index (χ1v) is 9.83. The Morgan fingerprint density at radius 2 is 1.31 bits per heavy atom. The summed E-state index contributed by atoms with van der Waals surface area (Å²) in [6.45, 7) is 2.88. The summed E-state index contributed by atoms with van der Waals surface area (Å²) in [5.41, 5.74) is 2.80. The zero-order chi connectivity index (χ0) is 20.4. The van der Waals surface area contributed by atoms with Crippen molar-refractivity contribution in [1.82, 2.24) is 4.90 Å². The van der Waals surface area contributed by atoms with Crippen LogP contribution in [0, 0.1) is 17.6 Å². The van der Waals surface area contributed by atoms with E-state index in [1.807, 2.05) is 36.4 Å². The van der Waals surface area contributed by atoms with Crippen LogP contribution >= 0.6 is 0 Å². The molecule has 0 aliphatic carbocycles. The highest BCUT2D eigenvalue weighted by Crippen LogP contribution is 2.40. The minimum absolute atomic E-state index is 0.0311. The Hall–Kier alpha value is -2.85. The van der Waals surface area contributed by atoms with Crippen LogP contribution in [0.2, 0.25) is 0 Å². The quantitative estimate of drug-likeness (QED) is 0.564. The van der Waals surface area contributed by atoms with E-state index in [2.05, 4.69) is 29.2 Å². The molecule has 1 saturated heterocycles. The molecule has 148 valence electrons. The number of ketones is 1. The van der Waals surface area contributed by atoms with Crippen LogP contribution in [0.1, 0.15) is 35.6 Å². The van der Waals surface area contributed by atoms with Gasteiger partial charge in [0.25, 0.3) is 0 Å². The Kier molecular flexibility index (Phi) is 5.54. The number of nitrogens with zero attached hydrogens (tertiary/aromatic N) is 1. The van der Waals surface area contributed by atoms with Gasteiger partial charge >= 0.3 is 0 Å². The molecular weight excluding hydrogens is 368 g/mol. The maximum Gasteiger partial charge on any atom is 0.137 e. The van der Waals surface area contributed by atoms with Crippen molar-refractivity contribution < 1.29 is 13.6 Å². The van der Waals surface area contributed by atoms with Gasteiger partial charge in [0.15, 0.2) is 0 Å². The average molecular weight is 391 g/mol. The highest BCUT2D eigenvalue weighted by atomic mass is 19.1. The molecule has 0 radical (unpaired) electrons. The van der Waals surface area contributed by atoms with Gasteiger partial charge < -0.3 is 0 Å². The van der Waals surface area contributed by atoms with Gasteiger partial charge in [-0.1, -0.05) is 60.7 Å². The van der Waals surface area contributed by atoms with Crippen molar-refractivity contribution in [2.75, 3.05) is 13.1 Å². The normalized spacial score (nSPS) is 15.9. The molecule has 2 nitrogen and oxygen atoms in total. The van der Waals surface area contributed by atoms with Crippen molar-refractivity contribution in [3.05, 3.63) is 107 Å². The van der Waals surface area contributed by atoms with Gasteiger partial charge in [0.2, 0.25) is 0 Å². The second-order valence-corrected chi connectivity index (χ2v) is 7.73. The Morgan fingerprint density at radius 1 is 0.828 bits per heavy atom. The molecule has 0 amide bonds. The molecule has 0 saturated carbocycles. The van der Waals surface area contributed by atoms with Crippen molar-refractivity contribution >= 4 is 5.78 Å². The Bertz CT molecular complexity index is 924. The zero-order valence-electron chi connectivity index (χ0n) is 16.3. The van der Waals surface area contributed by atoms with Crippen LogP contribution in [-0.2, 0) is 4.79 Å². The molecule has 1 aliphatic rings. The molecule has 1 aliphatic heterocycles. The molecule has 4 rings (SSSR count). The minimum atomic E-state index is -0.645. The summed E-state index contributed by atoms with van der Waals surface area (Å²) in [6, 6.07) is 24.0. The van der Waals surface area contributed by atoms with E-state index < -0.39 is 17.6 Å². The number of carbonyl (C=O) groups excluding carboxylic acids is 1. The summed E-state index contributed by atoms with van der Waals surface area (Å²) < 4.78 is 27.4. The van der Waals surface area contributed by atoms with Crippen LogP contribution in [0.15, 0.2) is 78.9 Å². The van der Waals surface area contributed by atoms with Crippen molar-refractivity contribution in [3.8, 4) is 0 Å². The monoisotopic (exact) mass is 391 g/mol. The second-order valence-electron chi connectivity index (χ2n) is 7.73. The summed E-state index contributed by atoms with van der Waals surface area (Å²) in [6.07, 6.45) is 0. The standard InChI is InChI=1S/C25H23F2NO/c1-17(29)24(20-12-22(26)14-23(27)13-20)21-15-28(16-21)25(18-8-4-2-5-9-18)19-10-6-3-7-11-19/h2-14,21,24-25H,15-16H2,1H3/t24-/m1/s1. The van der Waals surface area contributed by atoms with Crippen molar-refractivity contribution in [1.29, 1.82) is 0 Å². The lowest BCUT2D eigenvalue weighted by Gasteiger charge is -2.47. The maximum atomic E-state index is 13.7. The summed E-state index contributed by atoms with van der Waals surface area (Å²) in [5.74, 6) is -1.81. The van der Waals surface area contributed by atoms with Gasteiger partial charge in [0.1, 0.15) is 17.4 Å². The molecule has 0 spiro atoms. The fourth-order valence-electron chi connectivity index (χ4n) is 4.45. The number of carbonyl (C=O) groups is 1. The predicted octanol–water partition coefficient (Wildman–Crippen LogP) is 5.36. The van der Waals surface area contributed by atoms with E-state index in [1.54, 1.807) is 0 Å². The molecule has 0 bridgehead atoms. The summed E-state index contributed by atoms with van der Waals surface area (Å²) >= 11 is 0. The zero-order valence-corrected chi connectivity index (χ0v) is 16.3. The maximum absolute atomic E-state index is 13.7. The van der Waals surface area contributed by atoms with Crippen LogP contribution in [-0.4, -0.2) is 23.8 Å². The van der Waals surface area contributed by atoms with E-state index >= 15 is 0 Å². The van der Waals surface area contributed by atoms with Gasteiger partial charge in [-0.15, -0.1) is 0 Å². The van der Waals surface area contributed by atoms with E-state index in [4.69, 9.17) is 0 Å². The van der Waals surface area contributed by atoms with Crippen molar-refractivity contribution in [2.45, 2.75) is 18.9 Å². The Morgan fingerprint density at radius 3 is 1.76 bits per heavy atom. The van der Waals surface area contributed by atoms with Gasteiger partial charge in [0, 0.05) is 25.1 Å². The van der Waals surface area contributed by atoms with E-state index in [0.717, 1.165) is 6.07 Å². The number of rotatable bonds is 6. The van der Waals surface area contributed by atoms with Crippen LogP contribution in [0.25, 0.3) is 0 Å². The first-order chi connectivity index (χ1) is 14.0. The number of halogens is 2. The third-order valence-corrected chi connectivity index (χ3v) is 5.69.